The molecule has 0 N–H and O–H groups in total. The Morgan fingerprint density at radius 1 is 0.871 bits per heavy atom. The van der Waals surface area contributed by atoms with Crippen molar-refractivity contribution in [2.75, 3.05) is 26.2 Å². The standard InChI is InChI=1S/C20H24N4O4S3/c1-15(2)14-16-6-8-17(9-7-16)30(25,26)23-10-12-24(13-11-23)31(27,28)19-5-3-4-18-20(19)22-29-21-18/h3-9,15H,10-14H2,1-2H3. The minimum absolute atomic E-state index is 0.0843. The van der Waals surface area contributed by atoms with Gasteiger partial charge in [0.15, 0.2) is 0 Å². The summed E-state index contributed by atoms with van der Waals surface area (Å²) in [6.07, 6.45) is 0.887. The lowest BCUT2D eigenvalue weighted by Gasteiger charge is -2.33. The molecule has 1 aliphatic rings. The summed E-state index contributed by atoms with van der Waals surface area (Å²) < 4.78 is 63.2. The van der Waals surface area contributed by atoms with Crippen molar-refractivity contribution in [3.8, 4) is 0 Å². The Bertz CT molecular complexity index is 1280. The van der Waals surface area contributed by atoms with Gasteiger partial charge in [0.05, 0.1) is 16.6 Å². The van der Waals surface area contributed by atoms with Gasteiger partial charge in [-0.15, -0.1) is 0 Å². The fourth-order valence-electron chi connectivity index (χ4n) is 3.70. The van der Waals surface area contributed by atoms with Crippen molar-refractivity contribution in [2.24, 2.45) is 5.92 Å². The van der Waals surface area contributed by atoms with Gasteiger partial charge in [-0.3, -0.25) is 0 Å². The molecule has 31 heavy (non-hydrogen) atoms. The predicted molar refractivity (Wildman–Crippen MR) is 120 cm³/mol. The molecule has 1 saturated heterocycles. The SMILES string of the molecule is CC(C)Cc1ccc(S(=O)(=O)N2CCN(S(=O)(=O)c3cccc4nsnc34)CC2)cc1. The largest absolute Gasteiger partial charge is 0.245 e. The monoisotopic (exact) mass is 480 g/mol. The van der Waals surface area contributed by atoms with E-state index in [-0.39, 0.29) is 36.0 Å². The predicted octanol–water partition coefficient (Wildman–Crippen LogP) is 2.59. The number of benzene rings is 2. The number of hydrogen-bond acceptors (Lipinski definition) is 7. The maximum atomic E-state index is 13.1. The minimum atomic E-state index is -3.79. The Morgan fingerprint density at radius 3 is 2.10 bits per heavy atom. The van der Waals surface area contributed by atoms with E-state index in [1.807, 2.05) is 12.1 Å². The number of nitrogens with zero attached hydrogens (tertiary/aromatic N) is 4. The molecule has 4 rings (SSSR count). The van der Waals surface area contributed by atoms with Crippen LogP contribution in [-0.4, -0.2) is 60.4 Å². The molecule has 0 saturated carbocycles. The molecule has 0 amide bonds. The lowest BCUT2D eigenvalue weighted by molar-refractivity contribution is 0.273. The van der Waals surface area contributed by atoms with E-state index in [1.54, 1.807) is 24.3 Å². The van der Waals surface area contributed by atoms with Crippen molar-refractivity contribution in [3.63, 3.8) is 0 Å². The lowest BCUT2D eigenvalue weighted by atomic mass is 10.0. The van der Waals surface area contributed by atoms with Crippen LogP contribution in [0.3, 0.4) is 0 Å². The van der Waals surface area contributed by atoms with Gasteiger partial charge >= 0.3 is 0 Å². The number of hydrogen-bond donors (Lipinski definition) is 0. The Labute approximate surface area is 186 Å². The third-order valence-electron chi connectivity index (χ3n) is 5.27. The normalized spacial score (nSPS) is 16.9. The summed E-state index contributed by atoms with van der Waals surface area (Å²) in [6.45, 7) is 4.59. The summed E-state index contributed by atoms with van der Waals surface area (Å²) in [4.78, 5) is 0.338. The molecule has 0 spiro atoms. The highest BCUT2D eigenvalue weighted by Gasteiger charge is 2.34. The van der Waals surface area contributed by atoms with E-state index >= 15 is 0 Å². The topological polar surface area (TPSA) is 101 Å². The van der Waals surface area contributed by atoms with Crippen molar-refractivity contribution >= 4 is 42.8 Å². The molecular weight excluding hydrogens is 456 g/mol. The van der Waals surface area contributed by atoms with Gasteiger partial charge in [-0.1, -0.05) is 32.0 Å². The van der Waals surface area contributed by atoms with E-state index in [2.05, 4.69) is 22.6 Å². The van der Waals surface area contributed by atoms with E-state index < -0.39 is 20.0 Å². The molecule has 0 unspecified atom stereocenters. The van der Waals surface area contributed by atoms with Crippen LogP contribution in [0.2, 0.25) is 0 Å². The average molecular weight is 481 g/mol. The molecule has 8 nitrogen and oxygen atoms in total. The molecule has 0 bridgehead atoms. The summed E-state index contributed by atoms with van der Waals surface area (Å²) >= 11 is 0.965. The summed E-state index contributed by atoms with van der Waals surface area (Å²) in [5.74, 6) is 0.489. The zero-order valence-corrected chi connectivity index (χ0v) is 19.8. The number of aromatic nitrogens is 2. The number of fused-ring (bicyclic) bond motifs is 1. The Morgan fingerprint density at radius 2 is 1.48 bits per heavy atom. The first kappa shape index (κ1) is 22.3. The van der Waals surface area contributed by atoms with Crippen LogP contribution in [0.5, 0.6) is 0 Å². The van der Waals surface area contributed by atoms with Gasteiger partial charge in [0.2, 0.25) is 20.0 Å². The Kier molecular flexibility index (Phi) is 6.14. The summed E-state index contributed by atoms with van der Waals surface area (Å²) in [5.41, 5.74) is 1.98. The molecule has 0 atom stereocenters. The zero-order chi connectivity index (χ0) is 22.2. The summed E-state index contributed by atoms with van der Waals surface area (Å²) in [7, 11) is -7.47. The third kappa shape index (κ3) is 4.37. The molecule has 0 aliphatic carbocycles. The minimum Gasteiger partial charge on any atom is -0.207 e. The highest BCUT2D eigenvalue weighted by molar-refractivity contribution is 7.89. The number of sulfonamides is 2. The first-order valence-electron chi connectivity index (χ1n) is 10.00. The molecule has 2 heterocycles. The van der Waals surface area contributed by atoms with E-state index in [0.29, 0.717) is 17.0 Å². The first-order chi connectivity index (χ1) is 14.7. The lowest BCUT2D eigenvalue weighted by Crippen LogP contribution is -2.50. The van der Waals surface area contributed by atoms with Gasteiger partial charge in [-0.2, -0.15) is 17.4 Å². The van der Waals surface area contributed by atoms with E-state index in [0.717, 1.165) is 23.7 Å². The van der Waals surface area contributed by atoms with Crippen molar-refractivity contribution in [1.82, 2.24) is 17.4 Å². The Balaban J connectivity index is 1.49. The van der Waals surface area contributed by atoms with Gasteiger partial charge in [0.25, 0.3) is 0 Å². The van der Waals surface area contributed by atoms with Crippen molar-refractivity contribution < 1.29 is 16.8 Å². The maximum absolute atomic E-state index is 13.1. The maximum Gasteiger partial charge on any atom is 0.245 e. The van der Waals surface area contributed by atoms with Gasteiger partial charge < -0.3 is 0 Å². The van der Waals surface area contributed by atoms with Gasteiger partial charge in [0.1, 0.15) is 15.9 Å². The molecule has 11 heteroatoms. The summed E-state index contributed by atoms with van der Waals surface area (Å²) in [6, 6.07) is 11.8. The van der Waals surface area contributed by atoms with Gasteiger partial charge in [-0.05, 0) is 42.2 Å². The Hall–Kier alpha value is -1.92. The van der Waals surface area contributed by atoms with Crippen molar-refractivity contribution in [1.29, 1.82) is 0 Å². The molecule has 1 aromatic heterocycles. The van der Waals surface area contributed by atoms with Crippen LogP contribution >= 0.6 is 11.7 Å². The second-order valence-corrected chi connectivity index (χ2v) is 12.3. The van der Waals surface area contributed by atoms with Gasteiger partial charge in [0, 0.05) is 26.2 Å². The zero-order valence-electron chi connectivity index (χ0n) is 17.3. The molecular formula is C20H24N4O4S3. The van der Waals surface area contributed by atoms with E-state index in [9.17, 15) is 16.8 Å². The number of piperazine rings is 1. The fourth-order valence-corrected chi connectivity index (χ4v) is 7.29. The fraction of sp³-hybridized carbons (Fsp3) is 0.400. The van der Waals surface area contributed by atoms with Crippen LogP contribution in [0.25, 0.3) is 11.0 Å². The molecule has 1 aliphatic heterocycles. The van der Waals surface area contributed by atoms with Crippen LogP contribution < -0.4 is 0 Å². The van der Waals surface area contributed by atoms with Crippen LogP contribution in [0, 0.1) is 5.92 Å². The summed E-state index contributed by atoms with van der Waals surface area (Å²) in [5, 5.41) is 0. The second-order valence-electron chi connectivity index (χ2n) is 7.94. The quantitative estimate of drug-likeness (QED) is 0.538. The van der Waals surface area contributed by atoms with Crippen LogP contribution in [-0.2, 0) is 26.5 Å². The molecule has 0 radical (unpaired) electrons. The highest BCUT2D eigenvalue weighted by atomic mass is 32.2. The molecule has 2 aromatic carbocycles. The third-order valence-corrected chi connectivity index (χ3v) is 9.66. The van der Waals surface area contributed by atoms with E-state index in [4.69, 9.17) is 0 Å². The van der Waals surface area contributed by atoms with Crippen molar-refractivity contribution in [3.05, 3.63) is 48.0 Å². The highest BCUT2D eigenvalue weighted by Crippen LogP contribution is 2.26. The number of rotatable bonds is 6. The molecule has 3 aromatic rings. The second kappa shape index (κ2) is 8.55. The first-order valence-corrected chi connectivity index (χ1v) is 13.6. The smallest absolute Gasteiger partial charge is 0.207 e. The molecule has 166 valence electrons. The molecule has 1 fully saturated rings. The van der Waals surface area contributed by atoms with Crippen LogP contribution in [0.1, 0.15) is 19.4 Å². The average Bonchev–Trinajstić information content (AvgIpc) is 3.22. The van der Waals surface area contributed by atoms with Gasteiger partial charge in [-0.25, -0.2) is 16.8 Å². The van der Waals surface area contributed by atoms with Crippen LogP contribution in [0.15, 0.2) is 52.3 Å². The van der Waals surface area contributed by atoms with E-state index in [1.165, 1.54) is 14.7 Å². The van der Waals surface area contributed by atoms with Crippen molar-refractivity contribution in [2.45, 2.75) is 30.1 Å². The van der Waals surface area contributed by atoms with Crippen LogP contribution in [0.4, 0.5) is 0 Å².